The van der Waals surface area contributed by atoms with Crippen molar-refractivity contribution in [3.63, 3.8) is 0 Å². The fourth-order valence-electron chi connectivity index (χ4n) is 7.58. The molecule has 6 heteroatoms. The highest BCUT2D eigenvalue weighted by Crippen LogP contribution is 2.14. The Hall–Kier alpha value is -4.19. The highest BCUT2D eigenvalue weighted by atomic mass is 16.6. The Kier molecular flexibility index (Phi) is 54.9. The number of rotatable bonds is 51. The molecular formula is C65H106O6. The molecule has 0 aromatic heterocycles. The van der Waals surface area contributed by atoms with Crippen LogP contribution in [0, 0.1) is 0 Å². The van der Waals surface area contributed by atoms with Crippen LogP contribution in [0.2, 0.25) is 0 Å². The molecule has 0 aliphatic heterocycles. The molecular weight excluding hydrogens is 877 g/mol. The van der Waals surface area contributed by atoms with Crippen molar-refractivity contribution in [2.75, 3.05) is 13.2 Å². The van der Waals surface area contributed by atoms with Gasteiger partial charge in [0.15, 0.2) is 6.10 Å². The van der Waals surface area contributed by atoms with Crippen LogP contribution in [0.5, 0.6) is 0 Å². The third-order valence-electron chi connectivity index (χ3n) is 11.9. The van der Waals surface area contributed by atoms with Crippen molar-refractivity contribution in [2.24, 2.45) is 0 Å². The standard InChI is InChI=1S/C65H106O6/c1-4-7-10-13-16-19-22-25-28-31-32-35-37-40-43-46-49-52-55-58-64(67)70-61-62(71-65(68)59-56-53-50-47-44-41-38-34-30-27-24-21-18-15-12-9-6-3)60-69-63(66)57-54-51-48-45-42-39-36-33-29-26-23-20-17-14-11-8-5-2/h7,10,16,18-19,21,25-30,36,38-39,41,45,47-48,50,62H,4-6,8-9,11-15,17,20,22-24,31-35,37,40,42-44,46,49,51-61H2,1-3H3/b10-7-,19-16-,21-18-,28-25-,29-26-,30-27-,39-36-,41-38-,48-45-,50-47-. The van der Waals surface area contributed by atoms with Gasteiger partial charge in [-0.25, -0.2) is 0 Å². The second-order valence-electron chi connectivity index (χ2n) is 18.8. The summed E-state index contributed by atoms with van der Waals surface area (Å²) in [6.45, 7) is 6.40. The minimum Gasteiger partial charge on any atom is -0.462 e. The maximum absolute atomic E-state index is 12.8. The molecule has 1 unspecified atom stereocenters. The maximum Gasteiger partial charge on any atom is 0.306 e. The van der Waals surface area contributed by atoms with E-state index in [1.807, 2.05) is 0 Å². The third-order valence-corrected chi connectivity index (χ3v) is 11.9. The zero-order chi connectivity index (χ0) is 51.4. The topological polar surface area (TPSA) is 78.9 Å². The fourth-order valence-corrected chi connectivity index (χ4v) is 7.58. The van der Waals surface area contributed by atoms with Crippen LogP contribution in [0.1, 0.15) is 252 Å². The minimum atomic E-state index is -0.833. The highest BCUT2D eigenvalue weighted by molar-refractivity contribution is 5.71. The first kappa shape index (κ1) is 66.8. The predicted octanol–water partition coefficient (Wildman–Crippen LogP) is 19.6. The molecule has 71 heavy (non-hydrogen) atoms. The van der Waals surface area contributed by atoms with Gasteiger partial charge in [-0.1, -0.05) is 232 Å². The van der Waals surface area contributed by atoms with Gasteiger partial charge in [0.2, 0.25) is 0 Å². The fraction of sp³-hybridized carbons (Fsp3) is 0.646. The molecule has 0 heterocycles. The lowest BCUT2D eigenvalue weighted by molar-refractivity contribution is -0.167. The molecule has 402 valence electrons. The van der Waals surface area contributed by atoms with Crippen LogP contribution < -0.4 is 0 Å². The predicted molar refractivity (Wildman–Crippen MR) is 306 cm³/mol. The van der Waals surface area contributed by atoms with Crippen LogP contribution in [-0.2, 0) is 28.6 Å². The van der Waals surface area contributed by atoms with E-state index in [1.54, 1.807) is 0 Å². The van der Waals surface area contributed by atoms with Crippen LogP contribution in [0.25, 0.3) is 0 Å². The van der Waals surface area contributed by atoms with E-state index in [2.05, 4.69) is 142 Å². The van der Waals surface area contributed by atoms with Crippen LogP contribution in [0.15, 0.2) is 122 Å². The first-order valence-corrected chi connectivity index (χ1v) is 29.0. The van der Waals surface area contributed by atoms with Crippen molar-refractivity contribution in [3.05, 3.63) is 122 Å². The molecule has 0 aromatic carbocycles. The third kappa shape index (κ3) is 56.6. The number of ether oxygens (including phenoxy) is 3. The zero-order valence-corrected chi connectivity index (χ0v) is 45.9. The smallest absolute Gasteiger partial charge is 0.306 e. The van der Waals surface area contributed by atoms with Crippen molar-refractivity contribution in [3.8, 4) is 0 Å². The lowest BCUT2D eigenvalue weighted by atomic mass is 10.1. The molecule has 0 bridgehead atoms. The first-order chi connectivity index (χ1) is 35.0. The summed E-state index contributed by atoms with van der Waals surface area (Å²) in [5.41, 5.74) is 0. The number of carbonyl (C=O) groups is 3. The highest BCUT2D eigenvalue weighted by Gasteiger charge is 2.19. The molecule has 0 radical (unpaired) electrons. The summed E-state index contributed by atoms with van der Waals surface area (Å²) in [6, 6.07) is 0. The van der Waals surface area contributed by atoms with Gasteiger partial charge in [0.25, 0.3) is 0 Å². The second-order valence-corrected chi connectivity index (χ2v) is 18.8. The molecule has 0 saturated carbocycles. The molecule has 0 aliphatic rings. The Balaban J connectivity index is 4.55. The van der Waals surface area contributed by atoms with E-state index in [4.69, 9.17) is 14.2 Å². The molecule has 0 spiro atoms. The lowest BCUT2D eigenvalue weighted by Gasteiger charge is -2.18. The van der Waals surface area contributed by atoms with E-state index in [9.17, 15) is 14.4 Å². The van der Waals surface area contributed by atoms with E-state index in [1.165, 1.54) is 109 Å². The summed E-state index contributed by atoms with van der Waals surface area (Å²) in [5.74, 6) is -1.04. The summed E-state index contributed by atoms with van der Waals surface area (Å²) in [4.78, 5) is 38.1. The van der Waals surface area contributed by atoms with Crippen LogP contribution in [0.4, 0.5) is 0 Å². The Morgan fingerprint density at radius 1 is 0.296 bits per heavy atom. The second kappa shape index (κ2) is 58.4. The SMILES string of the molecule is CC/C=C\C/C=C\C/C=C\CCCCCCCCCCCC(=O)OCC(COC(=O)CCC/C=C\C/C=C\C/C=C\CCCCCCCC)OC(=O)CCC/C=C\C/C=C\C/C=C\C/C=C\CCCCC. The maximum atomic E-state index is 12.8. The van der Waals surface area contributed by atoms with Gasteiger partial charge in [0.1, 0.15) is 13.2 Å². The van der Waals surface area contributed by atoms with Gasteiger partial charge >= 0.3 is 17.9 Å². The van der Waals surface area contributed by atoms with Crippen LogP contribution in [-0.4, -0.2) is 37.2 Å². The molecule has 0 saturated heterocycles. The molecule has 0 aliphatic carbocycles. The van der Waals surface area contributed by atoms with Gasteiger partial charge in [0.05, 0.1) is 0 Å². The van der Waals surface area contributed by atoms with Gasteiger partial charge in [-0.2, -0.15) is 0 Å². The number of hydrogen-bond acceptors (Lipinski definition) is 6. The Morgan fingerprint density at radius 2 is 0.563 bits per heavy atom. The van der Waals surface area contributed by atoms with Gasteiger partial charge in [-0.3, -0.25) is 14.4 Å². The molecule has 0 aromatic rings. The Morgan fingerprint density at radius 3 is 0.944 bits per heavy atom. The van der Waals surface area contributed by atoms with E-state index in [0.29, 0.717) is 19.3 Å². The van der Waals surface area contributed by atoms with Crippen LogP contribution >= 0.6 is 0 Å². The van der Waals surface area contributed by atoms with Gasteiger partial charge in [0, 0.05) is 19.3 Å². The number of esters is 3. The monoisotopic (exact) mass is 983 g/mol. The zero-order valence-electron chi connectivity index (χ0n) is 45.9. The minimum absolute atomic E-state index is 0.121. The van der Waals surface area contributed by atoms with Gasteiger partial charge in [-0.15, -0.1) is 0 Å². The number of allylic oxidation sites excluding steroid dienone is 20. The van der Waals surface area contributed by atoms with E-state index in [0.717, 1.165) is 89.9 Å². The van der Waals surface area contributed by atoms with Crippen molar-refractivity contribution < 1.29 is 28.6 Å². The normalized spacial score (nSPS) is 13.0. The quantitative estimate of drug-likeness (QED) is 0.0261. The summed E-state index contributed by atoms with van der Waals surface area (Å²) in [6.07, 6.45) is 80.6. The van der Waals surface area contributed by atoms with Gasteiger partial charge in [-0.05, 0) is 122 Å². The van der Waals surface area contributed by atoms with Crippen molar-refractivity contribution in [1.82, 2.24) is 0 Å². The number of hydrogen-bond donors (Lipinski definition) is 0. The molecule has 6 nitrogen and oxygen atoms in total. The average Bonchev–Trinajstić information content (AvgIpc) is 3.37. The lowest BCUT2D eigenvalue weighted by Crippen LogP contribution is -2.30. The first-order valence-electron chi connectivity index (χ1n) is 29.0. The van der Waals surface area contributed by atoms with E-state index in [-0.39, 0.29) is 44.0 Å². The summed E-state index contributed by atoms with van der Waals surface area (Å²) in [7, 11) is 0. The molecule has 0 amide bonds. The summed E-state index contributed by atoms with van der Waals surface area (Å²) >= 11 is 0. The molecule has 0 N–H and O–H groups in total. The summed E-state index contributed by atoms with van der Waals surface area (Å²) < 4.78 is 16.8. The summed E-state index contributed by atoms with van der Waals surface area (Å²) in [5, 5.41) is 0. The van der Waals surface area contributed by atoms with E-state index < -0.39 is 6.10 Å². The van der Waals surface area contributed by atoms with Crippen molar-refractivity contribution in [2.45, 2.75) is 258 Å². The van der Waals surface area contributed by atoms with Crippen molar-refractivity contribution in [1.29, 1.82) is 0 Å². The number of carbonyl (C=O) groups excluding carboxylic acids is 3. The molecule has 1 atom stereocenters. The van der Waals surface area contributed by atoms with E-state index >= 15 is 0 Å². The van der Waals surface area contributed by atoms with Crippen LogP contribution in [0.3, 0.4) is 0 Å². The Labute approximate surface area is 437 Å². The number of unbranched alkanes of at least 4 members (excludes halogenated alkanes) is 20. The average molecular weight is 984 g/mol. The van der Waals surface area contributed by atoms with Crippen molar-refractivity contribution >= 4 is 17.9 Å². The van der Waals surface area contributed by atoms with Gasteiger partial charge < -0.3 is 14.2 Å². The largest absolute Gasteiger partial charge is 0.462 e. The Bertz CT molecular complexity index is 1500. The molecule has 0 rings (SSSR count). The molecule has 0 fully saturated rings.